The van der Waals surface area contributed by atoms with Gasteiger partial charge in [0.2, 0.25) is 0 Å². The molecule has 4 heterocycles. The summed E-state index contributed by atoms with van der Waals surface area (Å²) in [5.74, 6) is -3.24. The van der Waals surface area contributed by atoms with Crippen LogP contribution in [-0.2, 0) is 172 Å². The molecule has 26 nitrogen and oxygen atoms in total. The molecule has 4 aliphatic rings. The van der Waals surface area contributed by atoms with Gasteiger partial charge < -0.3 is 99.8 Å². The predicted molar refractivity (Wildman–Crippen MR) is 469 cm³/mol. The van der Waals surface area contributed by atoms with Crippen LogP contribution in [-0.4, -0.2) is 184 Å². The minimum absolute atomic E-state index is 0.00566. The van der Waals surface area contributed by atoms with Crippen LogP contribution in [0.4, 0.5) is 0 Å². The molecule has 26 heteroatoms. The van der Waals surface area contributed by atoms with Gasteiger partial charge in [-0.15, -0.1) is 0 Å². The van der Waals surface area contributed by atoms with Crippen LogP contribution in [0.1, 0.15) is 135 Å². The molecule has 0 unspecified atom stereocenters. The van der Waals surface area contributed by atoms with Crippen LogP contribution in [0.2, 0.25) is 0 Å². The van der Waals surface area contributed by atoms with Crippen molar-refractivity contribution in [1.82, 2.24) is 0 Å². The van der Waals surface area contributed by atoms with Gasteiger partial charge in [0, 0.05) is 6.92 Å². The van der Waals surface area contributed by atoms with Crippen molar-refractivity contribution < 1.29 is 124 Å². The van der Waals surface area contributed by atoms with Gasteiger partial charge in [-0.3, -0.25) is 24.0 Å². The highest BCUT2D eigenvalue weighted by atomic mass is 16.8. The second-order valence-corrected chi connectivity index (χ2v) is 36.6. The van der Waals surface area contributed by atoms with E-state index in [2.05, 4.69) is 0 Å². The highest BCUT2D eigenvalue weighted by molar-refractivity contribution is 5.77. The SMILES string of the molecule is CC(=O)OC[C@H]1O[C@@H](OC[C@H]2O[C@@H](OC[C@H]3O[C@@H](OC[C@H]4O[C@H](O)[C@H](OC(=O)C(C)(C)C)[C@@H](OCc5ccccc5)[C@@H]4OCc4ccccc4)[C@H](OC(=O)C(C)(C)C)[C@@H](OCc4ccccc4)[C@@H]3OCc3ccccc3)[C@H](OC(=O)C(C)(C)C)[C@@H](OCc3ccccc3)[C@@H]2OCc2ccccc2)[C@H](OC(=O)C(C)(C)C)[C@@H](OCc2ccccc2)[C@@H]1OCc1ccccc1. The zero-order valence-corrected chi connectivity index (χ0v) is 75.3. The number of hydrogen-bond acceptors (Lipinski definition) is 26. The van der Waals surface area contributed by atoms with Gasteiger partial charge in [0.25, 0.3) is 0 Å². The topological polar surface area (TPSA) is 290 Å². The van der Waals surface area contributed by atoms with E-state index < -0.39 is 194 Å². The largest absolute Gasteiger partial charge is 0.463 e. The first kappa shape index (κ1) is 97.5. The van der Waals surface area contributed by atoms with Gasteiger partial charge in [-0.2, -0.15) is 0 Å². The summed E-state index contributed by atoms with van der Waals surface area (Å²) in [6.45, 7) is 19.7. The minimum atomic E-state index is -1.83. The highest BCUT2D eigenvalue weighted by Crippen LogP contribution is 2.41. The molecule has 4 aliphatic heterocycles. The molecule has 688 valence electrons. The normalized spacial score (nSPS) is 26.3. The molecule has 4 saturated heterocycles. The Kier molecular flexibility index (Phi) is 35.3. The lowest BCUT2D eigenvalue weighted by Gasteiger charge is -2.49. The maximum Gasteiger partial charge on any atom is 0.311 e. The van der Waals surface area contributed by atoms with Crippen LogP contribution in [0, 0.1) is 21.7 Å². The molecule has 8 aromatic carbocycles. The Labute approximate surface area is 750 Å². The molecule has 4 fully saturated rings. The molecule has 0 aliphatic carbocycles. The van der Waals surface area contributed by atoms with Crippen LogP contribution in [0.5, 0.6) is 0 Å². The number of hydrogen-bond donors (Lipinski definition) is 1. The third-order valence-corrected chi connectivity index (χ3v) is 21.8. The van der Waals surface area contributed by atoms with Gasteiger partial charge in [-0.25, -0.2) is 0 Å². The van der Waals surface area contributed by atoms with Crippen molar-refractivity contribution in [3.8, 4) is 0 Å². The standard InChI is InChI=1S/C102H124O26/c1-66(103)109-62-76-80(111-55-68-40-24-15-25-41-68)84(115-59-72-48-32-19-33-49-72)88(126-96(106)100(5,6)7)93(122-76)119-64-78-82(113-57-70-44-28-17-29-45-70)86(117-61-74-52-36-21-37-53-74)90(128-98(108)102(11,12)13)94(124-78)120-65-77-81(112-56-69-42-26-16-27-43-69)85(116-60-73-50-34-20-35-51-73)89(127-97(107)101(8,9)10)92(123-77)118-63-75-79(110-54-67-38-22-14-23-39-67)83(114-58-71-46-30-18-31-47-71)87(91(104)121-75)125-95(105)99(2,3)4/h14-53,75-94,104H,54-65H2,1-13H3/t75-,76-,77-,78-,79-,80-,81-,82-,83+,84+,85+,86+,87-,88-,89-,90-,91+,92-,93-,94-/m1/s1. The van der Waals surface area contributed by atoms with E-state index in [4.69, 9.17) is 94.7 Å². The zero-order chi connectivity index (χ0) is 91.0. The van der Waals surface area contributed by atoms with Crippen LogP contribution < -0.4 is 0 Å². The van der Waals surface area contributed by atoms with Crippen molar-refractivity contribution in [3.63, 3.8) is 0 Å². The number of benzene rings is 8. The fourth-order valence-electron chi connectivity index (χ4n) is 14.6. The number of carbonyl (C=O) groups is 5. The molecule has 8 aromatic rings. The summed E-state index contributed by atoms with van der Waals surface area (Å²) in [5, 5.41) is 12.4. The maximum atomic E-state index is 15.1. The molecule has 0 radical (unpaired) electrons. The molecule has 0 amide bonds. The zero-order valence-electron chi connectivity index (χ0n) is 75.3. The van der Waals surface area contributed by atoms with Crippen molar-refractivity contribution >= 4 is 29.8 Å². The van der Waals surface area contributed by atoms with Gasteiger partial charge >= 0.3 is 29.8 Å². The molecule has 128 heavy (non-hydrogen) atoms. The number of aliphatic hydroxyl groups is 1. The van der Waals surface area contributed by atoms with Gasteiger partial charge in [0.1, 0.15) is 79.9 Å². The first-order valence-corrected chi connectivity index (χ1v) is 43.8. The Hall–Kier alpha value is -9.53. The smallest absolute Gasteiger partial charge is 0.311 e. The Morgan fingerprint density at radius 3 is 0.625 bits per heavy atom. The van der Waals surface area contributed by atoms with Crippen molar-refractivity contribution in [2.75, 3.05) is 26.4 Å². The number of rotatable bonds is 39. The maximum absolute atomic E-state index is 15.1. The second kappa shape index (κ2) is 46.3. The monoisotopic (exact) mass is 1760 g/mol. The van der Waals surface area contributed by atoms with E-state index in [1.165, 1.54) is 6.92 Å². The summed E-state index contributed by atoms with van der Waals surface area (Å²) in [6.07, 6.45) is -27.5. The average molecular weight is 1770 g/mol. The Morgan fingerprint density at radius 1 is 0.242 bits per heavy atom. The number of esters is 5. The summed E-state index contributed by atoms with van der Waals surface area (Å²) < 4.78 is 138. The summed E-state index contributed by atoms with van der Waals surface area (Å²) in [4.78, 5) is 71.9. The summed E-state index contributed by atoms with van der Waals surface area (Å²) in [7, 11) is 0. The molecule has 1 N–H and O–H groups in total. The molecule has 0 bridgehead atoms. The minimum Gasteiger partial charge on any atom is -0.463 e. The van der Waals surface area contributed by atoms with Gasteiger partial charge in [-0.1, -0.05) is 243 Å². The summed E-state index contributed by atoms with van der Waals surface area (Å²) in [6, 6.07) is 75.2. The third kappa shape index (κ3) is 28.2. The van der Waals surface area contributed by atoms with Gasteiger partial charge in [0.15, 0.2) is 49.6 Å². The Morgan fingerprint density at radius 2 is 0.422 bits per heavy atom. The molecule has 0 saturated carbocycles. The fourth-order valence-corrected chi connectivity index (χ4v) is 14.6. The third-order valence-electron chi connectivity index (χ3n) is 21.8. The lowest BCUT2D eigenvalue weighted by atomic mass is 9.94. The predicted octanol–water partition coefficient (Wildman–Crippen LogP) is 15.0. The summed E-state index contributed by atoms with van der Waals surface area (Å²) in [5.41, 5.74) is 1.63. The quantitative estimate of drug-likeness (QED) is 0.0276. The molecule has 20 atom stereocenters. The van der Waals surface area contributed by atoms with Crippen LogP contribution in [0.15, 0.2) is 243 Å². The van der Waals surface area contributed by atoms with Crippen molar-refractivity contribution in [2.24, 2.45) is 21.7 Å². The molecule has 0 aromatic heterocycles. The van der Waals surface area contributed by atoms with E-state index in [0.29, 0.717) is 0 Å². The average Bonchev–Trinajstić information content (AvgIpc) is 0.769. The molecular formula is C102H124O26. The van der Waals surface area contributed by atoms with Crippen LogP contribution in [0.25, 0.3) is 0 Å². The molecule has 12 rings (SSSR count). The Balaban J connectivity index is 0.973. The lowest BCUT2D eigenvalue weighted by Crippen LogP contribution is -2.66. The second-order valence-electron chi connectivity index (χ2n) is 36.6. The first-order valence-electron chi connectivity index (χ1n) is 43.8. The van der Waals surface area contributed by atoms with E-state index in [1.807, 2.05) is 243 Å². The molecule has 0 spiro atoms. The first-order chi connectivity index (χ1) is 61.4. The van der Waals surface area contributed by atoms with Crippen molar-refractivity contribution in [1.29, 1.82) is 0 Å². The van der Waals surface area contributed by atoms with Crippen LogP contribution in [0.3, 0.4) is 0 Å². The van der Waals surface area contributed by atoms with Crippen molar-refractivity contribution in [3.05, 3.63) is 287 Å². The Bertz CT molecular complexity index is 4670. The highest BCUT2D eigenvalue weighted by Gasteiger charge is 2.58. The van der Waals surface area contributed by atoms with Crippen molar-refractivity contribution in [2.45, 2.75) is 266 Å². The van der Waals surface area contributed by atoms with Gasteiger partial charge in [0.05, 0.1) is 94.3 Å². The van der Waals surface area contributed by atoms with E-state index in [1.54, 1.807) is 83.1 Å². The van der Waals surface area contributed by atoms with E-state index in [9.17, 15) is 24.3 Å². The van der Waals surface area contributed by atoms with E-state index >= 15 is 4.79 Å². The van der Waals surface area contributed by atoms with Crippen LogP contribution >= 0.6 is 0 Å². The number of ether oxygens (including phenoxy) is 20. The lowest BCUT2D eigenvalue weighted by molar-refractivity contribution is -0.360. The number of aliphatic hydroxyl groups excluding tert-OH is 1. The van der Waals surface area contributed by atoms with Gasteiger partial charge in [-0.05, 0) is 128 Å². The fraction of sp³-hybridized carbons (Fsp3) is 0.480. The summed E-state index contributed by atoms with van der Waals surface area (Å²) >= 11 is 0. The van der Waals surface area contributed by atoms with E-state index in [-0.39, 0.29) is 59.5 Å². The number of carbonyl (C=O) groups excluding carboxylic acids is 5. The molecular weight excluding hydrogens is 1640 g/mol. The van der Waals surface area contributed by atoms with E-state index in [0.717, 1.165) is 44.5 Å².